The van der Waals surface area contributed by atoms with E-state index in [0.29, 0.717) is 18.7 Å². The fourth-order valence-corrected chi connectivity index (χ4v) is 6.15. The number of ether oxygens (including phenoxy) is 4. The van der Waals surface area contributed by atoms with Gasteiger partial charge in [0, 0.05) is 12.1 Å². The van der Waals surface area contributed by atoms with Gasteiger partial charge in [0.25, 0.3) is 0 Å². The van der Waals surface area contributed by atoms with Crippen LogP contribution in [-0.2, 0) is 9.47 Å². The van der Waals surface area contributed by atoms with Gasteiger partial charge in [0.15, 0.2) is 28.9 Å². The number of benzene rings is 2. The summed E-state index contributed by atoms with van der Waals surface area (Å²) < 4.78 is 49.1. The van der Waals surface area contributed by atoms with Crippen molar-refractivity contribution in [2.45, 2.75) is 97.9 Å². The maximum absolute atomic E-state index is 14.4. The van der Waals surface area contributed by atoms with Crippen LogP contribution >= 0.6 is 0 Å². The monoisotopic (exact) mass is 707 g/mol. The average Bonchev–Trinajstić information content (AvgIpc) is 3.01. The Kier molecular flexibility index (Phi) is 15.5. The largest absolute Gasteiger partial charge is 0.494 e. The number of urea groups is 1. The van der Waals surface area contributed by atoms with Crippen LogP contribution in [-0.4, -0.2) is 85.7 Å². The third-order valence-corrected chi connectivity index (χ3v) is 8.23. The Hall–Kier alpha value is -3.97. The lowest BCUT2D eigenvalue weighted by Gasteiger charge is -2.55. The second-order valence-corrected chi connectivity index (χ2v) is 14.5. The molecule has 0 saturated carbocycles. The summed E-state index contributed by atoms with van der Waals surface area (Å²) in [5.74, 6) is -1.23. The topological polar surface area (TPSA) is 136 Å². The Morgan fingerprint density at radius 3 is 2.10 bits per heavy atom. The number of ketones is 1. The number of Topliss-reactive ketones (excluding diaryl/α,β-unsaturated/α-hetero) is 1. The first kappa shape index (κ1) is 42.2. The molecule has 50 heavy (non-hydrogen) atoms. The van der Waals surface area contributed by atoms with Crippen LogP contribution in [0.25, 0.3) is 0 Å². The standard InChI is InChI=1S/C23H37FN2O3.C14H18FNO5/c1-8-9-10-13-25-21(27)26-18(16-11-12-19(28-7)17(24)14-16)15-29-20(22(2,3)4)23(26,5)6;1-14(2,16-13(18)19)8-21-7-11(17)9-4-5-12(20-3)10(15)6-9/h11-12,14,18,20H,8-10,13,15H2,1-7H3,(H,25,27);4-6,16H,7-8H2,1-3H3,(H,18,19). The molecule has 3 N–H and O–H groups in total. The highest BCUT2D eigenvalue weighted by Gasteiger charge is 2.51. The summed E-state index contributed by atoms with van der Waals surface area (Å²) in [5.41, 5.74) is -0.686. The van der Waals surface area contributed by atoms with Crippen molar-refractivity contribution in [2.24, 2.45) is 5.41 Å². The van der Waals surface area contributed by atoms with Crippen LogP contribution in [0, 0.1) is 17.0 Å². The van der Waals surface area contributed by atoms with Crippen molar-refractivity contribution >= 4 is 17.9 Å². The number of hydrogen-bond donors (Lipinski definition) is 3. The third kappa shape index (κ3) is 11.8. The number of morpholine rings is 1. The van der Waals surface area contributed by atoms with Gasteiger partial charge in [0.2, 0.25) is 0 Å². The van der Waals surface area contributed by atoms with Crippen LogP contribution in [0.1, 0.15) is 96.6 Å². The lowest BCUT2D eigenvalue weighted by atomic mass is 9.75. The van der Waals surface area contributed by atoms with Crippen molar-refractivity contribution in [1.29, 1.82) is 0 Å². The Morgan fingerprint density at radius 1 is 0.980 bits per heavy atom. The molecule has 2 aromatic rings. The molecule has 0 spiro atoms. The molecule has 0 aliphatic carbocycles. The van der Waals surface area contributed by atoms with Gasteiger partial charge in [-0.25, -0.2) is 18.4 Å². The number of unbranched alkanes of at least 4 members (excludes halogenated alkanes) is 2. The fourth-order valence-electron chi connectivity index (χ4n) is 6.15. The first-order chi connectivity index (χ1) is 23.3. The average molecular weight is 708 g/mol. The summed E-state index contributed by atoms with van der Waals surface area (Å²) in [6.45, 7) is 16.5. The van der Waals surface area contributed by atoms with Crippen molar-refractivity contribution in [2.75, 3.05) is 40.6 Å². The number of carbonyl (C=O) groups excluding carboxylic acids is 2. The molecule has 1 aliphatic heterocycles. The molecule has 3 amide bonds. The quantitative estimate of drug-likeness (QED) is 0.145. The van der Waals surface area contributed by atoms with Crippen LogP contribution in [0.5, 0.6) is 11.5 Å². The van der Waals surface area contributed by atoms with Gasteiger partial charge in [0.05, 0.1) is 50.7 Å². The van der Waals surface area contributed by atoms with Crippen LogP contribution in [0.2, 0.25) is 0 Å². The van der Waals surface area contributed by atoms with Gasteiger partial charge in [-0.2, -0.15) is 0 Å². The van der Waals surface area contributed by atoms with Crippen LogP contribution in [0.3, 0.4) is 0 Å². The van der Waals surface area contributed by atoms with Crippen molar-refractivity contribution in [3.8, 4) is 11.5 Å². The molecular weight excluding hydrogens is 652 g/mol. The Morgan fingerprint density at radius 2 is 1.58 bits per heavy atom. The number of methoxy groups -OCH3 is 2. The summed E-state index contributed by atoms with van der Waals surface area (Å²) in [5, 5.41) is 14.0. The van der Waals surface area contributed by atoms with E-state index in [1.54, 1.807) is 26.0 Å². The lowest BCUT2D eigenvalue weighted by Crippen LogP contribution is -2.66. The number of hydrogen-bond acceptors (Lipinski definition) is 7. The highest BCUT2D eigenvalue weighted by Crippen LogP contribution is 2.43. The van der Waals surface area contributed by atoms with Gasteiger partial charge < -0.3 is 39.6 Å². The van der Waals surface area contributed by atoms with Crippen molar-refractivity contribution in [3.63, 3.8) is 0 Å². The molecule has 2 unspecified atom stereocenters. The number of halogens is 2. The maximum atomic E-state index is 14.4. The van der Waals surface area contributed by atoms with Crippen molar-refractivity contribution in [1.82, 2.24) is 15.5 Å². The summed E-state index contributed by atoms with van der Waals surface area (Å²) in [7, 11) is 2.77. The van der Waals surface area contributed by atoms with E-state index < -0.39 is 34.6 Å². The first-order valence-corrected chi connectivity index (χ1v) is 16.8. The number of amides is 3. The predicted molar refractivity (Wildman–Crippen MR) is 187 cm³/mol. The van der Waals surface area contributed by atoms with E-state index in [9.17, 15) is 23.2 Å². The van der Waals surface area contributed by atoms with Gasteiger partial charge in [-0.15, -0.1) is 0 Å². The Balaban J connectivity index is 0.000000366. The minimum Gasteiger partial charge on any atom is -0.494 e. The van der Waals surface area contributed by atoms with Gasteiger partial charge in [-0.3, -0.25) is 4.79 Å². The van der Waals surface area contributed by atoms with E-state index in [4.69, 9.17) is 24.1 Å². The van der Waals surface area contributed by atoms with Gasteiger partial charge in [-0.05, 0) is 75.4 Å². The molecular formula is C37H55F2N3O8. The molecule has 0 bridgehead atoms. The Bertz CT molecular complexity index is 1440. The van der Waals surface area contributed by atoms with E-state index in [1.807, 2.05) is 18.7 Å². The zero-order chi connectivity index (χ0) is 37.9. The fraction of sp³-hybridized carbons (Fsp3) is 0.595. The second kappa shape index (κ2) is 18.3. The number of carbonyl (C=O) groups is 3. The molecule has 2 aromatic carbocycles. The molecule has 1 heterocycles. The van der Waals surface area contributed by atoms with E-state index in [0.717, 1.165) is 25.3 Å². The van der Waals surface area contributed by atoms with E-state index in [2.05, 4.69) is 38.3 Å². The molecule has 1 saturated heterocycles. The molecule has 0 radical (unpaired) electrons. The number of nitrogens with zero attached hydrogens (tertiary/aromatic N) is 1. The molecule has 1 aliphatic rings. The molecule has 280 valence electrons. The Labute approximate surface area is 295 Å². The first-order valence-electron chi connectivity index (χ1n) is 16.8. The number of nitrogens with one attached hydrogen (secondary N) is 2. The van der Waals surface area contributed by atoms with Crippen LogP contribution < -0.4 is 20.1 Å². The van der Waals surface area contributed by atoms with Crippen LogP contribution in [0.4, 0.5) is 18.4 Å². The number of rotatable bonds is 13. The zero-order valence-electron chi connectivity index (χ0n) is 31.1. The van der Waals surface area contributed by atoms with Gasteiger partial charge >= 0.3 is 12.1 Å². The van der Waals surface area contributed by atoms with E-state index >= 15 is 0 Å². The third-order valence-electron chi connectivity index (χ3n) is 8.23. The smallest absolute Gasteiger partial charge is 0.405 e. The van der Waals surface area contributed by atoms with Crippen molar-refractivity contribution in [3.05, 3.63) is 59.2 Å². The molecule has 0 aromatic heterocycles. The minimum atomic E-state index is -1.17. The lowest BCUT2D eigenvalue weighted by molar-refractivity contribution is -0.162. The van der Waals surface area contributed by atoms with Gasteiger partial charge in [-0.1, -0.05) is 46.6 Å². The molecule has 13 heteroatoms. The van der Waals surface area contributed by atoms with E-state index in [-0.39, 0.29) is 53.9 Å². The highest BCUT2D eigenvalue weighted by atomic mass is 19.1. The predicted octanol–water partition coefficient (Wildman–Crippen LogP) is 7.38. The summed E-state index contributed by atoms with van der Waals surface area (Å²) in [6, 6.07) is 8.21. The number of carboxylic acid groups (broad SMARTS) is 1. The summed E-state index contributed by atoms with van der Waals surface area (Å²) in [4.78, 5) is 37.5. The molecule has 1 fully saturated rings. The zero-order valence-corrected chi connectivity index (χ0v) is 31.1. The second-order valence-electron chi connectivity index (χ2n) is 14.5. The van der Waals surface area contributed by atoms with E-state index in [1.165, 1.54) is 32.4 Å². The summed E-state index contributed by atoms with van der Waals surface area (Å²) >= 11 is 0. The minimum absolute atomic E-state index is 0.0175. The van der Waals surface area contributed by atoms with Crippen molar-refractivity contribution < 1.29 is 47.2 Å². The molecule has 2 atom stereocenters. The highest BCUT2D eigenvalue weighted by molar-refractivity contribution is 5.97. The van der Waals surface area contributed by atoms with Gasteiger partial charge in [0.1, 0.15) is 6.61 Å². The maximum Gasteiger partial charge on any atom is 0.405 e. The SMILES string of the molecule is CCCCCNC(=O)N1C(c2ccc(OC)c(F)c2)COC(C(C)(C)C)C1(C)C.COc1ccc(C(=O)COCC(C)(C)NC(=O)O)cc1F. The molecule has 3 rings (SSSR count). The summed E-state index contributed by atoms with van der Waals surface area (Å²) in [6.07, 6.45) is 1.78. The molecule has 11 nitrogen and oxygen atoms in total. The van der Waals surface area contributed by atoms with Crippen LogP contribution in [0.15, 0.2) is 36.4 Å². The normalized spacial score (nSPS) is 17.2.